The lowest BCUT2D eigenvalue weighted by molar-refractivity contribution is 0.594. The molecule has 12 heteroatoms. The van der Waals surface area contributed by atoms with E-state index in [1.165, 1.54) is 6.07 Å². The molecule has 0 amide bonds. The summed E-state index contributed by atoms with van der Waals surface area (Å²) in [6.45, 7) is 0. The Morgan fingerprint density at radius 2 is 1.31 bits per heavy atom. The molecular weight excluding hydrogens is 407 g/mol. The molecule has 0 aliphatic carbocycles. The van der Waals surface area contributed by atoms with Crippen molar-refractivity contribution in [1.82, 2.24) is 0 Å². The lowest BCUT2D eigenvalue weighted by Gasteiger charge is -2.14. The highest BCUT2D eigenvalue weighted by molar-refractivity contribution is 7.93. The zero-order valence-electron chi connectivity index (χ0n) is 13.6. The second-order valence-electron chi connectivity index (χ2n) is 5.42. The van der Waals surface area contributed by atoms with Crippen molar-refractivity contribution in [2.75, 3.05) is 22.0 Å². The molecule has 0 unspecified atom stereocenters. The number of hydrogen-bond acceptors (Lipinski definition) is 6. The maximum atomic E-state index is 13.1. The molecule has 142 valence electrons. The Kier molecular flexibility index (Phi) is 5.31. The van der Waals surface area contributed by atoms with Gasteiger partial charge in [0.05, 0.1) is 28.0 Å². The largest absolute Gasteiger partial charge is 0.284 e. The summed E-state index contributed by atoms with van der Waals surface area (Å²) >= 11 is 0. The molecule has 0 aliphatic rings. The van der Waals surface area contributed by atoms with E-state index in [2.05, 4.69) is 9.44 Å². The van der Waals surface area contributed by atoms with Gasteiger partial charge in [0.15, 0.2) is 0 Å². The van der Waals surface area contributed by atoms with Crippen LogP contribution in [0.2, 0.25) is 0 Å². The van der Waals surface area contributed by atoms with Crippen LogP contribution in [0.4, 0.5) is 15.8 Å². The molecule has 26 heavy (non-hydrogen) atoms. The van der Waals surface area contributed by atoms with Gasteiger partial charge in [-0.25, -0.2) is 29.6 Å². The molecule has 2 rings (SSSR count). The third-order valence-electron chi connectivity index (χ3n) is 2.99. The van der Waals surface area contributed by atoms with Crippen LogP contribution in [0, 0.1) is 5.82 Å². The minimum atomic E-state index is -4.27. The number of halogens is 1. The van der Waals surface area contributed by atoms with E-state index < -0.39 is 40.6 Å². The molecule has 0 aliphatic heterocycles. The minimum Gasteiger partial charge on any atom is -0.284 e. The van der Waals surface area contributed by atoms with Gasteiger partial charge < -0.3 is 0 Å². The van der Waals surface area contributed by atoms with Crippen LogP contribution in [-0.4, -0.2) is 37.8 Å². The number of nitrogens with one attached hydrogen (secondary N) is 2. The number of benzene rings is 2. The molecule has 0 heterocycles. The fourth-order valence-corrected chi connectivity index (χ4v) is 4.68. The second-order valence-corrected chi connectivity index (χ2v) is 10.8. The Labute approximate surface area is 151 Å². The summed E-state index contributed by atoms with van der Waals surface area (Å²) in [5.74, 6) is -0.647. The normalized spacial score (nSPS) is 12.6. The van der Waals surface area contributed by atoms with Gasteiger partial charge in [-0.3, -0.25) is 9.44 Å². The zero-order valence-corrected chi connectivity index (χ0v) is 16.0. The predicted molar refractivity (Wildman–Crippen MR) is 95.2 cm³/mol. The van der Waals surface area contributed by atoms with Gasteiger partial charge in [0.1, 0.15) is 5.82 Å². The van der Waals surface area contributed by atoms with E-state index in [-0.39, 0.29) is 16.3 Å². The van der Waals surface area contributed by atoms with Crippen LogP contribution in [0.3, 0.4) is 0 Å². The fraction of sp³-hybridized carbons (Fsp3) is 0.143. The molecular formula is C14H15FN2O6S3. The van der Waals surface area contributed by atoms with Gasteiger partial charge in [-0.2, -0.15) is 0 Å². The lowest BCUT2D eigenvalue weighted by atomic mass is 10.3. The lowest BCUT2D eigenvalue weighted by Crippen LogP contribution is -2.15. The van der Waals surface area contributed by atoms with Crippen molar-refractivity contribution < 1.29 is 29.6 Å². The van der Waals surface area contributed by atoms with E-state index in [0.29, 0.717) is 0 Å². The van der Waals surface area contributed by atoms with E-state index in [4.69, 9.17) is 0 Å². The molecule has 0 aromatic heterocycles. The summed E-state index contributed by atoms with van der Waals surface area (Å²) in [5, 5.41) is 0. The van der Waals surface area contributed by atoms with E-state index in [0.717, 1.165) is 48.9 Å². The SMILES string of the molecule is CS(=O)(=O)Nc1ccc(NS(C)(=O)=O)c(S(=O)(=O)c2ccc(F)cc2)c1. The molecule has 0 spiro atoms. The van der Waals surface area contributed by atoms with Crippen LogP contribution in [0.5, 0.6) is 0 Å². The van der Waals surface area contributed by atoms with Crippen LogP contribution in [-0.2, 0) is 29.9 Å². The summed E-state index contributed by atoms with van der Waals surface area (Å²) in [6.07, 6.45) is 1.72. The summed E-state index contributed by atoms with van der Waals surface area (Å²) < 4.78 is 88.7. The van der Waals surface area contributed by atoms with Gasteiger partial charge in [-0.1, -0.05) is 0 Å². The van der Waals surface area contributed by atoms with Crippen LogP contribution in [0.15, 0.2) is 52.3 Å². The van der Waals surface area contributed by atoms with E-state index in [1.807, 2.05) is 0 Å². The number of anilines is 2. The minimum absolute atomic E-state index is 0.0766. The maximum absolute atomic E-state index is 13.1. The van der Waals surface area contributed by atoms with Crippen molar-refractivity contribution in [3.63, 3.8) is 0 Å². The van der Waals surface area contributed by atoms with Gasteiger partial charge >= 0.3 is 0 Å². The highest BCUT2D eigenvalue weighted by Gasteiger charge is 2.24. The first kappa shape index (κ1) is 20.1. The Morgan fingerprint density at radius 3 is 1.81 bits per heavy atom. The van der Waals surface area contributed by atoms with Crippen molar-refractivity contribution in [1.29, 1.82) is 0 Å². The molecule has 2 aromatic rings. The highest BCUT2D eigenvalue weighted by atomic mass is 32.2. The summed E-state index contributed by atoms with van der Waals surface area (Å²) in [4.78, 5) is -0.768. The summed E-state index contributed by atoms with van der Waals surface area (Å²) in [7, 11) is -11.8. The third-order valence-corrected chi connectivity index (χ3v) is 6.00. The van der Waals surface area contributed by atoms with Crippen LogP contribution in [0.1, 0.15) is 0 Å². The standard InChI is InChI=1S/C14H15FN2O6S3/c1-24(18,19)16-11-5-8-13(17-25(2,20)21)14(9-11)26(22,23)12-6-3-10(15)4-7-12/h3-9,16-17H,1-2H3. The predicted octanol–water partition coefficient (Wildman–Crippen LogP) is 1.40. The van der Waals surface area contributed by atoms with Crippen molar-refractivity contribution in [2.24, 2.45) is 0 Å². The van der Waals surface area contributed by atoms with Crippen molar-refractivity contribution in [2.45, 2.75) is 9.79 Å². The van der Waals surface area contributed by atoms with E-state index in [9.17, 15) is 29.6 Å². The van der Waals surface area contributed by atoms with Crippen LogP contribution >= 0.6 is 0 Å². The summed E-state index contributed by atoms with van der Waals surface area (Å²) in [6, 6.07) is 7.22. The number of hydrogen-bond donors (Lipinski definition) is 2. The third kappa shape index (κ3) is 5.16. The molecule has 0 saturated heterocycles. The van der Waals surface area contributed by atoms with E-state index >= 15 is 0 Å². The fourth-order valence-electron chi connectivity index (χ4n) is 2.05. The molecule has 0 atom stereocenters. The average Bonchev–Trinajstić information content (AvgIpc) is 2.46. The van der Waals surface area contributed by atoms with Gasteiger partial charge in [-0.05, 0) is 42.5 Å². The van der Waals surface area contributed by atoms with E-state index in [1.54, 1.807) is 0 Å². The van der Waals surface area contributed by atoms with Gasteiger partial charge in [0, 0.05) is 5.69 Å². The smallest absolute Gasteiger partial charge is 0.229 e. The Bertz CT molecular complexity index is 1140. The molecule has 0 fully saturated rings. The number of sulfone groups is 1. The Balaban J connectivity index is 2.68. The first-order valence-corrected chi connectivity index (χ1v) is 12.1. The molecule has 2 N–H and O–H groups in total. The summed E-state index contributed by atoms with van der Waals surface area (Å²) in [5.41, 5.74) is -0.344. The maximum Gasteiger partial charge on any atom is 0.229 e. The molecule has 0 radical (unpaired) electrons. The monoisotopic (exact) mass is 422 g/mol. The van der Waals surface area contributed by atoms with Crippen molar-refractivity contribution >= 4 is 41.3 Å². The average molecular weight is 422 g/mol. The number of rotatable bonds is 6. The first-order chi connectivity index (χ1) is 11.8. The second kappa shape index (κ2) is 6.85. The zero-order chi connectivity index (χ0) is 19.8. The Morgan fingerprint density at radius 1 is 0.769 bits per heavy atom. The van der Waals surface area contributed by atoms with Gasteiger partial charge in [-0.15, -0.1) is 0 Å². The number of sulfonamides is 2. The first-order valence-electron chi connectivity index (χ1n) is 6.88. The quantitative estimate of drug-likeness (QED) is 0.678. The van der Waals surface area contributed by atoms with Crippen LogP contribution in [0.25, 0.3) is 0 Å². The Hall–Kier alpha value is -2.18. The highest BCUT2D eigenvalue weighted by Crippen LogP contribution is 2.31. The molecule has 8 nitrogen and oxygen atoms in total. The molecule has 0 saturated carbocycles. The topological polar surface area (TPSA) is 126 Å². The van der Waals surface area contributed by atoms with Crippen molar-refractivity contribution in [3.8, 4) is 0 Å². The van der Waals surface area contributed by atoms with Crippen molar-refractivity contribution in [3.05, 3.63) is 48.3 Å². The van der Waals surface area contributed by atoms with Gasteiger partial charge in [0.2, 0.25) is 29.9 Å². The van der Waals surface area contributed by atoms with Gasteiger partial charge in [0.25, 0.3) is 0 Å². The molecule has 2 aromatic carbocycles. The van der Waals surface area contributed by atoms with Crippen LogP contribution < -0.4 is 9.44 Å². The molecule has 0 bridgehead atoms.